The van der Waals surface area contributed by atoms with Crippen molar-refractivity contribution in [3.8, 4) is 0 Å². The lowest BCUT2D eigenvalue weighted by Gasteiger charge is -2.13. The smallest absolute Gasteiger partial charge is 0.196 e. The Balaban J connectivity index is 2.97. The third-order valence-corrected chi connectivity index (χ3v) is 3.66. The van der Waals surface area contributed by atoms with E-state index in [0.29, 0.717) is 22.3 Å². The Morgan fingerprint density at radius 3 is 2.55 bits per heavy atom. The lowest BCUT2D eigenvalue weighted by atomic mass is 9.99. The second-order valence-electron chi connectivity index (χ2n) is 5.47. The normalized spacial score (nSPS) is 13.2. The van der Waals surface area contributed by atoms with Gasteiger partial charge in [0, 0.05) is 22.7 Å². The first-order valence-electron chi connectivity index (χ1n) is 7.19. The van der Waals surface area contributed by atoms with Gasteiger partial charge >= 0.3 is 0 Å². The van der Waals surface area contributed by atoms with E-state index in [1.165, 1.54) is 0 Å². The number of nitrogens with two attached hydrogens (primary N) is 1. The molecular weight excluding hydrogens is 274 g/mol. The van der Waals surface area contributed by atoms with E-state index in [-0.39, 0.29) is 11.5 Å². The lowest BCUT2D eigenvalue weighted by Crippen LogP contribution is -2.13. The molecule has 1 unspecified atom stereocenters. The van der Waals surface area contributed by atoms with Crippen molar-refractivity contribution in [2.24, 2.45) is 5.73 Å². The second kappa shape index (κ2) is 6.16. The van der Waals surface area contributed by atoms with Gasteiger partial charge < -0.3 is 10.2 Å². The molecule has 0 spiro atoms. The Morgan fingerprint density at radius 1 is 1.32 bits per heavy atom. The zero-order valence-corrected chi connectivity index (χ0v) is 13.3. The van der Waals surface area contributed by atoms with E-state index in [9.17, 15) is 4.79 Å². The van der Waals surface area contributed by atoms with Crippen molar-refractivity contribution in [1.82, 2.24) is 0 Å². The SMILES string of the molecule is C=C/C=C(\C=C)c1oc2c(C(C)N)cc(C)cc2c(=O)c1C. The van der Waals surface area contributed by atoms with Crippen molar-refractivity contribution < 1.29 is 4.42 Å². The molecule has 0 aliphatic rings. The predicted octanol–water partition coefficient (Wildman–Crippen LogP) is 4.18. The molecule has 114 valence electrons. The van der Waals surface area contributed by atoms with Crippen LogP contribution in [0, 0.1) is 13.8 Å². The summed E-state index contributed by atoms with van der Waals surface area (Å²) in [7, 11) is 0. The third kappa shape index (κ3) is 2.68. The van der Waals surface area contributed by atoms with Gasteiger partial charge in [-0.05, 0) is 32.4 Å². The molecule has 3 heteroatoms. The molecule has 1 atom stereocenters. The van der Waals surface area contributed by atoms with E-state index in [0.717, 1.165) is 16.7 Å². The van der Waals surface area contributed by atoms with Gasteiger partial charge in [-0.1, -0.05) is 37.5 Å². The van der Waals surface area contributed by atoms with Gasteiger partial charge in [0.15, 0.2) is 5.43 Å². The summed E-state index contributed by atoms with van der Waals surface area (Å²) in [6, 6.07) is 3.57. The van der Waals surface area contributed by atoms with Crippen LogP contribution in [-0.4, -0.2) is 0 Å². The van der Waals surface area contributed by atoms with Crippen LogP contribution in [0.2, 0.25) is 0 Å². The fourth-order valence-corrected chi connectivity index (χ4v) is 2.54. The van der Waals surface area contributed by atoms with Crippen LogP contribution in [0.3, 0.4) is 0 Å². The molecule has 0 saturated heterocycles. The van der Waals surface area contributed by atoms with Gasteiger partial charge in [0.05, 0.1) is 5.39 Å². The Morgan fingerprint density at radius 2 is 2.00 bits per heavy atom. The molecule has 0 radical (unpaired) electrons. The second-order valence-corrected chi connectivity index (χ2v) is 5.47. The van der Waals surface area contributed by atoms with Gasteiger partial charge in [-0.15, -0.1) is 0 Å². The number of aryl methyl sites for hydroxylation is 1. The Bertz CT molecular complexity index is 839. The fourth-order valence-electron chi connectivity index (χ4n) is 2.54. The summed E-state index contributed by atoms with van der Waals surface area (Å²) in [6.45, 7) is 13.0. The molecule has 0 aliphatic carbocycles. The van der Waals surface area contributed by atoms with Gasteiger partial charge in [0.25, 0.3) is 0 Å². The van der Waals surface area contributed by atoms with Crippen LogP contribution in [-0.2, 0) is 0 Å². The third-order valence-electron chi connectivity index (χ3n) is 3.66. The largest absolute Gasteiger partial charge is 0.455 e. The average molecular weight is 295 g/mol. The molecule has 2 rings (SSSR count). The van der Waals surface area contributed by atoms with Crippen LogP contribution in [0.1, 0.15) is 35.4 Å². The highest BCUT2D eigenvalue weighted by molar-refractivity contribution is 5.85. The van der Waals surface area contributed by atoms with Crippen molar-refractivity contribution in [2.45, 2.75) is 26.8 Å². The van der Waals surface area contributed by atoms with E-state index >= 15 is 0 Å². The summed E-state index contributed by atoms with van der Waals surface area (Å²) in [6.07, 6.45) is 5.06. The van der Waals surface area contributed by atoms with Gasteiger partial charge in [0.1, 0.15) is 11.3 Å². The minimum atomic E-state index is -0.225. The van der Waals surface area contributed by atoms with Crippen molar-refractivity contribution in [3.05, 3.63) is 76.2 Å². The molecule has 1 aromatic heterocycles. The highest BCUT2D eigenvalue weighted by atomic mass is 16.3. The van der Waals surface area contributed by atoms with E-state index in [1.54, 1.807) is 25.2 Å². The Hall–Kier alpha value is -2.39. The summed E-state index contributed by atoms with van der Waals surface area (Å²) >= 11 is 0. The van der Waals surface area contributed by atoms with Crippen LogP contribution in [0.25, 0.3) is 16.5 Å². The standard InChI is InChI=1S/C19H21NO2/c1-6-8-14(7-2)18-12(4)17(21)16-10-11(3)9-15(13(5)20)19(16)22-18/h6-10,13H,1-2,20H2,3-5H3/b14-8+. The fraction of sp³-hybridized carbons (Fsp3) is 0.211. The molecule has 0 bridgehead atoms. The maximum absolute atomic E-state index is 12.7. The van der Waals surface area contributed by atoms with E-state index < -0.39 is 0 Å². The molecule has 0 fully saturated rings. The summed E-state index contributed by atoms with van der Waals surface area (Å²) in [5.74, 6) is 0.512. The number of fused-ring (bicyclic) bond motifs is 1. The van der Waals surface area contributed by atoms with Crippen LogP contribution in [0.5, 0.6) is 0 Å². The van der Waals surface area contributed by atoms with Gasteiger partial charge in [-0.2, -0.15) is 0 Å². The zero-order valence-electron chi connectivity index (χ0n) is 13.3. The first kappa shape index (κ1) is 16.0. The molecule has 2 aromatic rings. The van der Waals surface area contributed by atoms with E-state index in [2.05, 4.69) is 13.2 Å². The molecule has 0 aliphatic heterocycles. The highest BCUT2D eigenvalue weighted by Crippen LogP contribution is 2.28. The minimum Gasteiger partial charge on any atom is -0.455 e. The summed E-state index contributed by atoms with van der Waals surface area (Å²) in [5.41, 5.74) is 9.64. The average Bonchev–Trinajstić information content (AvgIpc) is 2.48. The molecule has 22 heavy (non-hydrogen) atoms. The van der Waals surface area contributed by atoms with E-state index in [4.69, 9.17) is 10.2 Å². The van der Waals surface area contributed by atoms with Crippen molar-refractivity contribution in [1.29, 1.82) is 0 Å². The van der Waals surface area contributed by atoms with Crippen LogP contribution in [0.4, 0.5) is 0 Å². The highest BCUT2D eigenvalue weighted by Gasteiger charge is 2.17. The van der Waals surface area contributed by atoms with E-state index in [1.807, 2.05) is 26.0 Å². The molecule has 1 heterocycles. The first-order valence-corrected chi connectivity index (χ1v) is 7.19. The van der Waals surface area contributed by atoms with Crippen molar-refractivity contribution >= 4 is 16.5 Å². The number of benzene rings is 1. The van der Waals surface area contributed by atoms with Gasteiger partial charge in [-0.3, -0.25) is 4.79 Å². The van der Waals surface area contributed by atoms with Crippen LogP contribution < -0.4 is 11.2 Å². The molecule has 1 aromatic carbocycles. The number of hydrogen-bond donors (Lipinski definition) is 1. The maximum Gasteiger partial charge on any atom is 0.196 e. The van der Waals surface area contributed by atoms with Crippen molar-refractivity contribution in [2.75, 3.05) is 0 Å². The topological polar surface area (TPSA) is 56.2 Å². The summed E-state index contributed by atoms with van der Waals surface area (Å²) in [4.78, 5) is 12.7. The predicted molar refractivity (Wildman–Crippen MR) is 92.9 cm³/mol. The van der Waals surface area contributed by atoms with Crippen LogP contribution in [0.15, 0.2) is 52.7 Å². The maximum atomic E-state index is 12.7. The van der Waals surface area contributed by atoms with Crippen molar-refractivity contribution in [3.63, 3.8) is 0 Å². The Labute approximate surface area is 130 Å². The first-order chi connectivity index (χ1) is 10.4. The molecule has 3 nitrogen and oxygen atoms in total. The lowest BCUT2D eigenvalue weighted by molar-refractivity contribution is 0.573. The monoisotopic (exact) mass is 295 g/mol. The number of hydrogen-bond acceptors (Lipinski definition) is 3. The molecular formula is C19H21NO2. The molecule has 0 saturated carbocycles. The van der Waals surface area contributed by atoms with Gasteiger partial charge in [-0.25, -0.2) is 0 Å². The number of rotatable bonds is 4. The zero-order chi connectivity index (χ0) is 16.4. The summed E-state index contributed by atoms with van der Waals surface area (Å²) < 4.78 is 6.06. The van der Waals surface area contributed by atoms with Gasteiger partial charge in [0.2, 0.25) is 0 Å². The summed E-state index contributed by atoms with van der Waals surface area (Å²) in [5, 5.41) is 0.565. The quantitative estimate of drug-likeness (QED) is 0.861. The van der Waals surface area contributed by atoms with Crippen LogP contribution >= 0.6 is 0 Å². The Kier molecular flexibility index (Phi) is 4.48. The molecule has 0 amide bonds. The number of allylic oxidation sites excluding steroid dienone is 4. The molecule has 2 N–H and O–H groups in total. The minimum absolute atomic E-state index is 0.0429.